The first kappa shape index (κ1) is 13.8. The summed E-state index contributed by atoms with van der Waals surface area (Å²) in [5, 5.41) is 4.34. The van der Waals surface area contributed by atoms with Gasteiger partial charge in [0.25, 0.3) is 0 Å². The second kappa shape index (κ2) is 5.66. The number of ketones is 1. The van der Waals surface area contributed by atoms with Gasteiger partial charge in [-0.05, 0) is 31.2 Å². The molecule has 1 aromatic heterocycles. The standard InChI is InChI=1S/C17H13BrN2O/c1-12-16(17(21)13-5-3-2-4-6-13)11-19-20(12)15-9-7-14(18)8-10-15/h2-11H,1H3. The van der Waals surface area contributed by atoms with E-state index in [0.29, 0.717) is 11.1 Å². The van der Waals surface area contributed by atoms with Crippen LogP contribution in [-0.4, -0.2) is 15.6 Å². The van der Waals surface area contributed by atoms with Crippen molar-refractivity contribution in [2.24, 2.45) is 0 Å². The summed E-state index contributed by atoms with van der Waals surface area (Å²) in [5.74, 6) is -0.00328. The van der Waals surface area contributed by atoms with Crippen LogP contribution in [0.1, 0.15) is 21.6 Å². The highest BCUT2D eigenvalue weighted by Gasteiger charge is 2.16. The quantitative estimate of drug-likeness (QED) is 0.670. The molecule has 0 atom stereocenters. The average molecular weight is 341 g/mol. The van der Waals surface area contributed by atoms with E-state index >= 15 is 0 Å². The van der Waals surface area contributed by atoms with Gasteiger partial charge in [-0.3, -0.25) is 4.79 Å². The molecule has 1 heterocycles. The lowest BCUT2D eigenvalue weighted by molar-refractivity contribution is 0.103. The van der Waals surface area contributed by atoms with Crippen molar-refractivity contribution < 1.29 is 4.79 Å². The molecule has 0 aliphatic heterocycles. The zero-order valence-corrected chi connectivity index (χ0v) is 13.0. The van der Waals surface area contributed by atoms with Crippen LogP contribution in [0.3, 0.4) is 0 Å². The van der Waals surface area contributed by atoms with Crippen LogP contribution in [0, 0.1) is 6.92 Å². The number of benzene rings is 2. The lowest BCUT2D eigenvalue weighted by Crippen LogP contribution is -2.04. The van der Waals surface area contributed by atoms with E-state index in [1.54, 1.807) is 10.9 Å². The van der Waals surface area contributed by atoms with Crippen LogP contribution >= 0.6 is 15.9 Å². The maximum Gasteiger partial charge on any atom is 0.196 e. The van der Waals surface area contributed by atoms with E-state index in [1.807, 2.05) is 61.5 Å². The Hall–Kier alpha value is -2.20. The summed E-state index contributed by atoms with van der Waals surface area (Å²) >= 11 is 3.41. The molecule has 3 rings (SSSR count). The Morgan fingerprint density at radius 2 is 1.71 bits per heavy atom. The van der Waals surface area contributed by atoms with Gasteiger partial charge >= 0.3 is 0 Å². The summed E-state index contributed by atoms with van der Waals surface area (Å²) in [6.07, 6.45) is 1.63. The largest absolute Gasteiger partial charge is 0.288 e. The molecule has 0 unspecified atom stereocenters. The van der Waals surface area contributed by atoms with Gasteiger partial charge < -0.3 is 0 Å². The third kappa shape index (κ3) is 2.67. The molecule has 0 spiro atoms. The highest BCUT2D eigenvalue weighted by molar-refractivity contribution is 9.10. The van der Waals surface area contributed by atoms with E-state index in [-0.39, 0.29) is 5.78 Å². The molecule has 3 nitrogen and oxygen atoms in total. The molecule has 3 aromatic rings. The van der Waals surface area contributed by atoms with E-state index in [4.69, 9.17) is 0 Å². The number of hydrogen-bond donors (Lipinski definition) is 0. The van der Waals surface area contributed by atoms with Gasteiger partial charge in [-0.2, -0.15) is 5.10 Å². The predicted molar refractivity (Wildman–Crippen MR) is 85.9 cm³/mol. The molecule has 0 aliphatic rings. The summed E-state index contributed by atoms with van der Waals surface area (Å²) in [7, 11) is 0. The fourth-order valence-electron chi connectivity index (χ4n) is 2.22. The second-order valence-corrected chi connectivity index (χ2v) is 5.64. The minimum absolute atomic E-state index is 0.00328. The van der Waals surface area contributed by atoms with Gasteiger partial charge in [-0.25, -0.2) is 4.68 Å². The molecule has 2 aromatic carbocycles. The molecule has 21 heavy (non-hydrogen) atoms. The molecule has 0 N–H and O–H groups in total. The van der Waals surface area contributed by atoms with Crippen LogP contribution < -0.4 is 0 Å². The average Bonchev–Trinajstić information content (AvgIpc) is 2.90. The topological polar surface area (TPSA) is 34.9 Å². The maximum absolute atomic E-state index is 12.5. The third-order valence-corrected chi connectivity index (χ3v) is 3.89. The lowest BCUT2D eigenvalue weighted by Gasteiger charge is -2.05. The zero-order valence-electron chi connectivity index (χ0n) is 11.5. The molecule has 0 aliphatic carbocycles. The van der Waals surface area contributed by atoms with Crippen molar-refractivity contribution in [1.29, 1.82) is 0 Å². The molecule has 0 amide bonds. The summed E-state index contributed by atoms with van der Waals surface area (Å²) in [6.45, 7) is 1.91. The first-order valence-electron chi connectivity index (χ1n) is 6.57. The van der Waals surface area contributed by atoms with Crippen molar-refractivity contribution in [3.05, 3.63) is 82.1 Å². The van der Waals surface area contributed by atoms with Crippen LogP contribution in [-0.2, 0) is 0 Å². The van der Waals surface area contributed by atoms with E-state index in [0.717, 1.165) is 15.9 Å². The molecular weight excluding hydrogens is 328 g/mol. The van der Waals surface area contributed by atoms with Gasteiger partial charge in [-0.15, -0.1) is 0 Å². The minimum atomic E-state index is -0.00328. The highest BCUT2D eigenvalue weighted by Crippen LogP contribution is 2.19. The summed E-state index contributed by atoms with van der Waals surface area (Å²) in [6, 6.07) is 17.1. The number of carbonyl (C=O) groups is 1. The molecule has 0 saturated carbocycles. The zero-order chi connectivity index (χ0) is 14.8. The van der Waals surface area contributed by atoms with Crippen molar-refractivity contribution in [3.8, 4) is 5.69 Å². The maximum atomic E-state index is 12.5. The molecule has 104 valence electrons. The molecule has 0 radical (unpaired) electrons. The van der Waals surface area contributed by atoms with Gasteiger partial charge in [0.1, 0.15) is 0 Å². The van der Waals surface area contributed by atoms with Gasteiger partial charge in [0.15, 0.2) is 5.78 Å². The Labute approximate surface area is 131 Å². The third-order valence-electron chi connectivity index (χ3n) is 3.36. The number of rotatable bonds is 3. The molecule has 0 bridgehead atoms. The van der Waals surface area contributed by atoms with Crippen LogP contribution in [0.4, 0.5) is 0 Å². The SMILES string of the molecule is Cc1c(C(=O)c2ccccc2)cnn1-c1ccc(Br)cc1. The van der Waals surface area contributed by atoms with E-state index in [9.17, 15) is 4.79 Å². The van der Waals surface area contributed by atoms with Crippen molar-refractivity contribution in [1.82, 2.24) is 9.78 Å². The monoisotopic (exact) mass is 340 g/mol. The van der Waals surface area contributed by atoms with Crippen molar-refractivity contribution in [2.75, 3.05) is 0 Å². The second-order valence-electron chi connectivity index (χ2n) is 4.73. The number of halogens is 1. The lowest BCUT2D eigenvalue weighted by atomic mass is 10.0. The van der Waals surface area contributed by atoms with Crippen LogP contribution in [0.15, 0.2) is 65.3 Å². The first-order chi connectivity index (χ1) is 10.2. The van der Waals surface area contributed by atoms with Crippen LogP contribution in [0.2, 0.25) is 0 Å². The van der Waals surface area contributed by atoms with E-state index in [2.05, 4.69) is 21.0 Å². The van der Waals surface area contributed by atoms with Crippen molar-refractivity contribution >= 4 is 21.7 Å². The van der Waals surface area contributed by atoms with Crippen LogP contribution in [0.25, 0.3) is 5.69 Å². The molecule has 4 heteroatoms. The fourth-order valence-corrected chi connectivity index (χ4v) is 2.48. The molecular formula is C17H13BrN2O. The Bertz CT molecular complexity index is 776. The number of aromatic nitrogens is 2. The Morgan fingerprint density at radius 3 is 2.38 bits per heavy atom. The Kier molecular flexibility index (Phi) is 3.71. The van der Waals surface area contributed by atoms with Crippen molar-refractivity contribution in [2.45, 2.75) is 6.92 Å². The number of nitrogens with zero attached hydrogens (tertiary/aromatic N) is 2. The van der Waals surface area contributed by atoms with E-state index < -0.39 is 0 Å². The van der Waals surface area contributed by atoms with Crippen molar-refractivity contribution in [3.63, 3.8) is 0 Å². The van der Waals surface area contributed by atoms with Crippen LogP contribution in [0.5, 0.6) is 0 Å². The molecule has 0 saturated heterocycles. The first-order valence-corrected chi connectivity index (χ1v) is 7.36. The summed E-state index contributed by atoms with van der Waals surface area (Å²) < 4.78 is 2.79. The smallest absolute Gasteiger partial charge is 0.196 e. The minimum Gasteiger partial charge on any atom is -0.288 e. The normalized spacial score (nSPS) is 10.6. The van der Waals surface area contributed by atoms with Gasteiger partial charge in [0.2, 0.25) is 0 Å². The summed E-state index contributed by atoms with van der Waals surface area (Å²) in [4.78, 5) is 12.5. The van der Waals surface area contributed by atoms with Gasteiger partial charge in [0.05, 0.1) is 23.1 Å². The fraction of sp³-hybridized carbons (Fsp3) is 0.0588. The van der Waals surface area contributed by atoms with Gasteiger partial charge in [0, 0.05) is 10.0 Å². The Balaban J connectivity index is 2.00. The summed E-state index contributed by atoms with van der Waals surface area (Å²) in [5.41, 5.74) is 3.08. The predicted octanol–water partition coefficient (Wildman–Crippen LogP) is 4.17. The molecule has 0 fully saturated rings. The van der Waals surface area contributed by atoms with E-state index in [1.165, 1.54) is 0 Å². The van der Waals surface area contributed by atoms with Gasteiger partial charge in [-0.1, -0.05) is 46.3 Å². The number of hydrogen-bond acceptors (Lipinski definition) is 2. The number of carbonyl (C=O) groups excluding carboxylic acids is 1. The Morgan fingerprint density at radius 1 is 1.05 bits per heavy atom. The highest BCUT2D eigenvalue weighted by atomic mass is 79.9.